The van der Waals surface area contributed by atoms with Crippen LogP contribution in [0.4, 0.5) is 0 Å². The lowest BCUT2D eigenvalue weighted by atomic mass is 10.0. The molecule has 3 heterocycles. The molecule has 1 atom stereocenters. The molecule has 1 aliphatic rings. The monoisotopic (exact) mass is 360 g/mol. The van der Waals surface area contributed by atoms with Gasteiger partial charge in [0.15, 0.2) is 0 Å². The van der Waals surface area contributed by atoms with Gasteiger partial charge in [0, 0.05) is 30.5 Å². The zero-order valence-corrected chi connectivity index (χ0v) is 15.6. The first kappa shape index (κ1) is 17.6. The smallest absolute Gasteiger partial charge is 0.242 e. The third kappa shape index (κ3) is 3.69. The van der Waals surface area contributed by atoms with Crippen LogP contribution in [-0.4, -0.2) is 33.9 Å². The Morgan fingerprint density at radius 3 is 2.74 bits per heavy atom. The molecule has 2 aromatic heterocycles. The molecule has 1 amide bonds. The van der Waals surface area contributed by atoms with E-state index in [0.29, 0.717) is 6.54 Å². The Kier molecular flexibility index (Phi) is 5.12. The highest BCUT2D eigenvalue weighted by molar-refractivity contribution is 5.86. The molecule has 0 spiro atoms. The van der Waals surface area contributed by atoms with E-state index in [2.05, 4.69) is 39.2 Å². The van der Waals surface area contributed by atoms with Crippen LogP contribution in [0.5, 0.6) is 0 Å². The van der Waals surface area contributed by atoms with Crippen molar-refractivity contribution in [1.29, 1.82) is 0 Å². The van der Waals surface area contributed by atoms with Gasteiger partial charge in [0.2, 0.25) is 5.91 Å². The molecule has 1 aliphatic heterocycles. The zero-order chi connectivity index (χ0) is 18.6. The van der Waals surface area contributed by atoms with Crippen LogP contribution in [0.15, 0.2) is 55.0 Å². The number of carbonyl (C=O) groups excluding carboxylic acids is 1. The summed E-state index contributed by atoms with van der Waals surface area (Å²) in [5.41, 5.74) is 4.19. The van der Waals surface area contributed by atoms with Gasteiger partial charge in [-0.3, -0.25) is 19.7 Å². The molecule has 1 saturated heterocycles. The van der Waals surface area contributed by atoms with Crippen molar-refractivity contribution < 1.29 is 4.79 Å². The van der Waals surface area contributed by atoms with Gasteiger partial charge in [0.05, 0.1) is 5.52 Å². The molecule has 1 aromatic carbocycles. The van der Waals surface area contributed by atoms with E-state index in [0.717, 1.165) is 53.5 Å². The lowest BCUT2D eigenvalue weighted by Crippen LogP contribution is -2.39. The summed E-state index contributed by atoms with van der Waals surface area (Å²) >= 11 is 0. The number of aryl methyl sites for hydroxylation is 1. The molecule has 4 rings (SSSR count). The van der Waals surface area contributed by atoms with Gasteiger partial charge in [-0.25, -0.2) is 0 Å². The third-order valence-corrected chi connectivity index (χ3v) is 5.32. The summed E-state index contributed by atoms with van der Waals surface area (Å²) in [6.45, 7) is 4.47. The second kappa shape index (κ2) is 7.84. The Bertz CT molecular complexity index is 935. The van der Waals surface area contributed by atoms with Crippen LogP contribution in [-0.2, 0) is 11.3 Å². The largest absolute Gasteiger partial charge is 0.350 e. The Labute approximate surface area is 159 Å². The number of hydrogen-bond acceptors (Lipinski definition) is 4. The molecule has 1 fully saturated rings. The van der Waals surface area contributed by atoms with Gasteiger partial charge >= 0.3 is 0 Å². The Morgan fingerprint density at radius 2 is 1.96 bits per heavy atom. The van der Waals surface area contributed by atoms with E-state index in [4.69, 9.17) is 0 Å². The number of nitrogens with zero attached hydrogens (tertiary/aromatic N) is 3. The second-order valence-electron chi connectivity index (χ2n) is 7.08. The summed E-state index contributed by atoms with van der Waals surface area (Å²) in [5, 5.41) is 4.27. The van der Waals surface area contributed by atoms with Crippen molar-refractivity contribution in [2.45, 2.75) is 32.4 Å². The number of benzene rings is 1. The van der Waals surface area contributed by atoms with Crippen molar-refractivity contribution in [3.63, 3.8) is 0 Å². The topological polar surface area (TPSA) is 58.1 Å². The van der Waals surface area contributed by atoms with Gasteiger partial charge in [-0.1, -0.05) is 18.2 Å². The minimum absolute atomic E-state index is 0.0326. The number of nitrogens with one attached hydrogen (secondary N) is 1. The van der Waals surface area contributed by atoms with E-state index >= 15 is 0 Å². The van der Waals surface area contributed by atoms with Crippen molar-refractivity contribution >= 4 is 16.8 Å². The molecule has 5 nitrogen and oxygen atoms in total. The van der Waals surface area contributed by atoms with Crippen LogP contribution < -0.4 is 5.32 Å². The molecule has 5 heteroatoms. The van der Waals surface area contributed by atoms with E-state index in [1.54, 1.807) is 18.6 Å². The lowest BCUT2D eigenvalue weighted by molar-refractivity contribution is -0.126. The molecule has 138 valence electrons. The number of carbonyl (C=O) groups is 1. The first-order valence-corrected chi connectivity index (χ1v) is 9.49. The van der Waals surface area contributed by atoms with E-state index < -0.39 is 0 Å². The quantitative estimate of drug-likeness (QED) is 0.758. The van der Waals surface area contributed by atoms with E-state index in [9.17, 15) is 4.79 Å². The maximum Gasteiger partial charge on any atom is 0.242 e. The summed E-state index contributed by atoms with van der Waals surface area (Å²) in [5.74, 6) is 0.0326. The first-order valence-electron chi connectivity index (χ1n) is 9.49. The number of rotatable bonds is 5. The van der Waals surface area contributed by atoms with Crippen molar-refractivity contribution in [1.82, 2.24) is 20.2 Å². The predicted octanol–water partition coefficient (Wildman–Crippen LogP) is 3.39. The maximum atomic E-state index is 13.2. The van der Waals surface area contributed by atoms with Crippen molar-refractivity contribution in [2.75, 3.05) is 13.1 Å². The highest BCUT2D eigenvalue weighted by Crippen LogP contribution is 2.26. The second-order valence-corrected chi connectivity index (χ2v) is 7.08. The van der Waals surface area contributed by atoms with Gasteiger partial charge < -0.3 is 5.32 Å². The highest BCUT2D eigenvalue weighted by atomic mass is 16.2. The molecular formula is C22H24N4O. The molecule has 0 radical (unpaired) electrons. The van der Waals surface area contributed by atoms with Gasteiger partial charge in [-0.2, -0.15) is 0 Å². The van der Waals surface area contributed by atoms with Crippen LogP contribution in [0.1, 0.15) is 35.6 Å². The van der Waals surface area contributed by atoms with E-state index in [-0.39, 0.29) is 11.9 Å². The van der Waals surface area contributed by atoms with Crippen molar-refractivity contribution in [3.05, 3.63) is 71.7 Å². The summed E-state index contributed by atoms with van der Waals surface area (Å²) in [7, 11) is 0. The fourth-order valence-electron chi connectivity index (χ4n) is 3.89. The molecule has 3 aromatic rings. The average molecular weight is 360 g/mol. The van der Waals surface area contributed by atoms with Gasteiger partial charge in [-0.05, 0) is 67.7 Å². The number of aromatic nitrogens is 2. The number of fused-ring (bicyclic) bond motifs is 1. The number of likely N-dealkylation sites (tertiary alicyclic amines) is 1. The number of amides is 1. The van der Waals surface area contributed by atoms with E-state index in [1.807, 2.05) is 24.3 Å². The molecule has 1 N–H and O–H groups in total. The molecule has 0 bridgehead atoms. The van der Waals surface area contributed by atoms with Crippen LogP contribution in [0.3, 0.4) is 0 Å². The van der Waals surface area contributed by atoms with Crippen molar-refractivity contribution in [3.8, 4) is 0 Å². The Hall–Kier alpha value is -2.79. The molecular weight excluding hydrogens is 336 g/mol. The highest BCUT2D eigenvalue weighted by Gasteiger charge is 2.29. The molecule has 0 saturated carbocycles. The molecule has 0 unspecified atom stereocenters. The number of hydrogen-bond donors (Lipinski definition) is 1. The summed E-state index contributed by atoms with van der Waals surface area (Å²) in [6.07, 6.45) is 7.62. The van der Waals surface area contributed by atoms with E-state index in [1.165, 1.54) is 0 Å². The van der Waals surface area contributed by atoms with Crippen LogP contribution in [0, 0.1) is 6.92 Å². The lowest BCUT2D eigenvalue weighted by Gasteiger charge is -2.27. The van der Waals surface area contributed by atoms with Crippen molar-refractivity contribution in [2.24, 2.45) is 0 Å². The fourth-order valence-corrected chi connectivity index (χ4v) is 3.89. The SMILES string of the molecule is Cc1ccc2ncccc2c1CNC(=O)[C@@H](c1cccnc1)N1CCCC1. The normalized spacial score (nSPS) is 15.7. The predicted molar refractivity (Wildman–Crippen MR) is 106 cm³/mol. The van der Waals surface area contributed by atoms with Gasteiger partial charge in [0.25, 0.3) is 0 Å². The fraction of sp³-hybridized carbons (Fsp3) is 0.318. The Balaban J connectivity index is 1.58. The summed E-state index contributed by atoms with van der Waals surface area (Å²) < 4.78 is 0. The maximum absolute atomic E-state index is 13.2. The average Bonchev–Trinajstić information content (AvgIpc) is 3.22. The zero-order valence-electron chi connectivity index (χ0n) is 15.6. The van der Waals surface area contributed by atoms with Crippen LogP contribution in [0.25, 0.3) is 10.9 Å². The molecule has 0 aliphatic carbocycles. The Morgan fingerprint density at radius 1 is 1.15 bits per heavy atom. The van der Waals surface area contributed by atoms with Crippen LogP contribution in [0.2, 0.25) is 0 Å². The van der Waals surface area contributed by atoms with Gasteiger partial charge in [-0.15, -0.1) is 0 Å². The summed E-state index contributed by atoms with van der Waals surface area (Å²) in [6, 6.07) is 11.7. The van der Waals surface area contributed by atoms with Crippen LogP contribution >= 0.6 is 0 Å². The third-order valence-electron chi connectivity index (χ3n) is 5.32. The first-order chi connectivity index (χ1) is 13.2. The minimum Gasteiger partial charge on any atom is -0.350 e. The minimum atomic E-state index is -0.283. The molecule has 27 heavy (non-hydrogen) atoms. The number of pyridine rings is 2. The standard InChI is InChI=1S/C22H24N4O/c1-16-8-9-20-18(7-5-11-24-20)19(16)15-25-22(27)21(26-12-2-3-13-26)17-6-4-10-23-14-17/h4-11,14,21H,2-3,12-13,15H2,1H3,(H,25,27)/t21-/m1/s1. The summed E-state index contributed by atoms with van der Waals surface area (Å²) in [4.78, 5) is 24.1. The van der Waals surface area contributed by atoms with Gasteiger partial charge in [0.1, 0.15) is 6.04 Å².